The van der Waals surface area contributed by atoms with Crippen LogP contribution in [0.1, 0.15) is 41.0 Å². The molecule has 1 heterocycles. The van der Waals surface area contributed by atoms with Crippen molar-refractivity contribution in [3.63, 3.8) is 0 Å². The maximum atomic E-state index is 14.1. The number of nitrogens with two attached hydrogens (primary N) is 2. The van der Waals surface area contributed by atoms with Crippen LogP contribution in [0.2, 0.25) is 10.0 Å². The minimum absolute atomic E-state index is 0.0281. The van der Waals surface area contributed by atoms with Crippen molar-refractivity contribution in [2.75, 3.05) is 0 Å². The zero-order chi connectivity index (χ0) is 23.8. The Balaban J connectivity index is 1.97. The van der Waals surface area contributed by atoms with E-state index in [9.17, 15) is 22.8 Å². The van der Waals surface area contributed by atoms with Gasteiger partial charge in [0.15, 0.2) is 0 Å². The third kappa shape index (κ3) is 4.54. The van der Waals surface area contributed by atoms with Crippen molar-refractivity contribution >= 4 is 40.7 Å². The van der Waals surface area contributed by atoms with Gasteiger partial charge in [0, 0.05) is 28.5 Å². The Morgan fingerprint density at radius 1 is 1.16 bits per heavy atom. The van der Waals surface area contributed by atoms with Gasteiger partial charge in [-0.2, -0.15) is 13.2 Å². The molecule has 2 amide bonds. The topological polar surface area (TPSA) is 108 Å². The summed E-state index contributed by atoms with van der Waals surface area (Å²) in [7, 11) is 0. The molecule has 170 valence electrons. The minimum atomic E-state index is -4.82. The molecule has 0 aromatic heterocycles. The molecule has 4 N–H and O–H groups in total. The van der Waals surface area contributed by atoms with E-state index < -0.39 is 35.9 Å². The molecule has 2 aromatic rings. The molecule has 0 bridgehead atoms. The number of rotatable bonds is 6. The van der Waals surface area contributed by atoms with E-state index in [1.165, 1.54) is 18.2 Å². The van der Waals surface area contributed by atoms with Gasteiger partial charge < -0.3 is 16.3 Å². The fourth-order valence-corrected chi connectivity index (χ4v) is 4.18. The number of alkyl halides is 3. The number of halogens is 5. The third-order valence-electron chi connectivity index (χ3n) is 5.24. The molecule has 1 aliphatic rings. The van der Waals surface area contributed by atoms with E-state index in [4.69, 9.17) is 39.5 Å². The minimum Gasteiger partial charge on any atom is -0.374 e. The summed E-state index contributed by atoms with van der Waals surface area (Å²) in [6.07, 6.45) is -5.72. The van der Waals surface area contributed by atoms with E-state index in [1.807, 2.05) is 0 Å². The second-order valence-electron chi connectivity index (χ2n) is 7.49. The summed E-state index contributed by atoms with van der Waals surface area (Å²) in [5, 5.41) is 3.76. The lowest BCUT2D eigenvalue weighted by atomic mass is 9.85. The summed E-state index contributed by atoms with van der Waals surface area (Å²) >= 11 is 11.8. The molecule has 32 heavy (non-hydrogen) atoms. The Morgan fingerprint density at radius 3 is 2.28 bits per heavy atom. The van der Waals surface area contributed by atoms with Gasteiger partial charge in [0.25, 0.3) is 5.60 Å². The molecule has 2 aromatic carbocycles. The Labute approximate surface area is 191 Å². The first-order valence-electron chi connectivity index (χ1n) is 9.31. The van der Waals surface area contributed by atoms with E-state index in [0.29, 0.717) is 16.7 Å². The molecule has 0 saturated heterocycles. The lowest BCUT2D eigenvalue weighted by Crippen LogP contribution is -2.42. The van der Waals surface area contributed by atoms with Crippen LogP contribution in [-0.4, -0.2) is 23.7 Å². The fourth-order valence-electron chi connectivity index (χ4n) is 3.66. The van der Waals surface area contributed by atoms with Crippen molar-refractivity contribution in [1.82, 2.24) is 0 Å². The van der Waals surface area contributed by atoms with Crippen molar-refractivity contribution < 1.29 is 27.6 Å². The Kier molecular flexibility index (Phi) is 6.44. The lowest BCUT2D eigenvalue weighted by molar-refractivity contribution is -0.275. The highest BCUT2D eigenvalue weighted by Crippen LogP contribution is 2.49. The molecule has 0 aliphatic carbocycles. The number of carbonyl (C=O) groups excluding carboxylic acids is 2. The van der Waals surface area contributed by atoms with Crippen LogP contribution in [0.3, 0.4) is 0 Å². The van der Waals surface area contributed by atoms with Crippen molar-refractivity contribution in [3.8, 4) is 0 Å². The molecule has 0 spiro atoms. The molecule has 1 aliphatic heterocycles. The van der Waals surface area contributed by atoms with E-state index in [1.54, 1.807) is 13.0 Å². The van der Waals surface area contributed by atoms with Crippen molar-refractivity contribution in [1.29, 1.82) is 0 Å². The van der Waals surface area contributed by atoms with Gasteiger partial charge >= 0.3 is 6.18 Å². The molecule has 2 atom stereocenters. The monoisotopic (exact) mass is 487 g/mol. The molecule has 3 rings (SSSR count). The molecule has 11 heteroatoms. The largest absolute Gasteiger partial charge is 0.435 e. The zero-order valence-electron chi connectivity index (χ0n) is 16.7. The second-order valence-corrected chi connectivity index (χ2v) is 8.36. The summed E-state index contributed by atoms with van der Waals surface area (Å²) in [5.41, 5.74) is 8.91. The van der Waals surface area contributed by atoms with Gasteiger partial charge in [-0.05, 0) is 47.9 Å². The summed E-state index contributed by atoms with van der Waals surface area (Å²) in [4.78, 5) is 28.0. The number of benzene rings is 2. The van der Waals surface area contributed by atoms with Gasteiger partial charge in [-0.1, -0.05) is 40.5 Å². The highest BCUT2D eigenvalue weighted by atomic mass is 35.5. The Hall–Kier alpha value is -2.78. The molecule has 0 radical (unpaired) electrons. The molecule has 2 unspecified atom stereocenters. The molecule has 0 saturated carbocycles. The van der Waals surface area contributed by atoms with Crippen LogP contribution >= 0.6 is 23.2 Å². The Bertz CT molecular complexity index is 1100. The number of hydrogen-bond donors (Lipinski definition) is 2. The average molecular weight is 488 g/mol. The first kappa shape index (κ1) is 23.9. The number of carbonyl (C=O) groups is 2. The lowest BCUT2D eigenvalue weighted by Gasteiger charge is -2.29. The summed E-state index contributed by atoms with van der Waals surface area (Å²) in [6.45, 7) is 1.64. The van der Waals surface area contributed by atoms with Gasteiger partial charge in [0.1, 0.15) is 0 Å². The molecule has 6 nitrogen and oxygen atoms in total. The van der Waals surface area contributed by atoms with Crippen molar-refractivity contribution in [2.45, 2.75) is 37.5 Å². The maximum absolute atomic E-state index is 14.1. The van der Waals surface area contributed by atoms with Crippen LogP contribution in [0.25, 0.3) is 0 Å². The van der Waals surface area contributed by atoms with Crippen LogP contribution in [-0.2, 0) is 20.0 Å². The first-order valence-corrected chi connectivity index (χ1v) is 10.1. The number of hydrogen-bond acceptors (Lipinski definition) is 4. The zero-order valence-corrected chi connectivity index (χ0v) is 18.2. The normalized spacial score (nSPS) is 19.2. The van der Waals surface area contributed by atoms with Crippen LogP contribution in [0, 0.1) is 6.92 Å². The van der Waals surface area contributed by atoms with Gasteiger partial charge in [-0.15, -0.1) is 0 Å². The Morgan fingerprint density at radius 2 is 1.78 bits per heavy atom. The summed E-state index contributed by atoms with van der Waals surface area (Å²) in [5.74, 6) is -2.40. The fraction of sp³-hybridized carbons (Fsp3) is 0.286. The number of amides is 2. The predicted octanol–water partition coefficient (Wildman–Crippen LogP) is 4.33. The highest BCUT2D eigenvalue weighted by Gasteiger charge is 2.62. The number of nitrogens with zero attached hydrogens (tertiary/aromatic N) is 1. The number of primary amides is 2. The smallest absolute Gasteiger partial charge is 0.374 e. The summed E-state index contributed by atoms with van der Waals surface area (Å²) < 4.78 is 42.4. The van der Waals surface area contributed by atoms with Crippen molar-refractivity contribution in [3.05, 3.63) is 68.7 Å². The number of aryl methyl sites for hydroxylation is 1. The SMILES string of the molecule is Cc1cc(C2=NOC(c3cc(Cl)cc(Cl)c3)(C(F)(F)F)C2)ccc1C(CC(N)=O)C(N)=O. The van der Waals surface area contributed by atoms with Crippen LogP contribution < -0.4 is 11.5 Å². The standard InChI is InChI=1S/C21H18Cl2F3N3O3/c1-10-4-11(2-3-15(10)16(19(28)31)8-18(27)30)17-9-20(32-29-17,21(24,25)26)12-5-13(22)7-14(23)6-12/h2-7,16H,8-9H2,1H3,(H2,27,30)(H2,28,31). The van der Waals surface area contributed by atoms with Gasteiger partial charge in [0.05, 0.1) is 11.6 Å². The van der Waals surface area contributed by atoms with Gasteiger partial charge in [-0.3, -0.25) is 9.59 Å². The maximum Gasteiger partial charge on any atom is 0.435 e. The summed E-state index contributed by atoms with van der Waals surface area (Å²) in [6, 6.07) is 8.13. The third-order valence-corrected chi connectivity index (χ3v) is 5.68. The molecular formula is C21H18Cl2F3N3O3. The van der Waals surface area contributed by atoms with Crippen LogP contribution in [0.5, 0.6) is 0 Å². The highest BCUT2D eigenvalue weighted by molar-refractivity contribution is 6.34. The average Bonchev–Trinajstić information content (AvgIpc) is 3.12. The van der Waals surface area contributed by atoms with E-state index in [0.717, 1.165) is 12.1 Å². The van der Waals surface area contributed by atoms with Crippen molar-refractivity contribution in [2.24, 2.45) is 16.6 Å². The van der Waals surface area contributed by atoms with E-state index in [2.05, 4.69) is 5.16 Å². The second kappa shape index (κ2) is 8.63. The predicted molar refractivity (Wildman–Crippen MR) is 113 cm³/mol. The first-order chi connectivity index (χ1) is 14.8. The van der Waals surface area contributed by atoms with Gasteiger partial charge in [0.2, 0.25) is 11.8 Å². The van der Waals surface area contributed by atoms with E-state index >= 15 is 0 Å². The number of oxime groups is 1. The molecule has 0 fully saturated rings. The van der Waals surface area contributed by atoms with Crippen LogP contribution in [0.15, 0.2) is 41.6 Å². The van der Waals surface area contributed by atoms with E-state index in [-0.39, 0.29) is 27.7 Å². The quantitative estimate of drug-likeness (QED) is 0.632. The van der Waals surface area contributed by atoms with Crippen LogP contribution in [0.4, 0.5) is 13.2 Å². The van der Waals surface area contributed by atoms with Gasteiger partial charge in [-0.25, -0.2) is 0 Å². The molecular weight excluding hydrogens is 470 g/mol.